The van der Waals surface area contributed by atoms with Crippen LogP contribution in [0.25, 0.3) is 10.9 Å². The van der Waals surface area contributed by atoms with Crippen LogP contribution in [0, 0.1) is 0 Å². The Labute approximate surface area is 151 Å². The molecule has 134 valence electrons. The zero-order valence-corrected chi connectivity index (χ0v) is 15.0. The number of carbonyl (C=O) groups excluding carboxylic acids is 1. The number of rotatable bonds is 6. The molecule has 0 fully saturated rings. The van der Waals surface area contributed by atoms with Gasteiger partial charge in [-0.3, -0.25) is 9.59 Å². The molecule has 2 aromatic carbocycles. The number of hydrogen-bond acceptors (Lipinski definition) is 4. The van der Waals surface area contributed by atoms with Crippen LogP contribution >= 0.6 is 0 Å². The number of benzene rings is 2. The Bertz CT molecular complexity index is 961. The van der Waals surface area contributed by atoms with E-state index < -0.39 is 0 Å². The second-order valence-electron chi connectivity index (χ2n) is 6.56. The molecular weight excluding hydrogens is 328 g/mol. The number of aromatic nitrogens is 3. The Morgan fingerprint density at radius 1 is 1.12 bits per heavy atom. The highest BCUT2D eigenvalue weighted by Crippen LogP contribution is 2.17. The van der Waals surface area contributed by atoms with E-state index in [9.17, 15) is 9.59 Å². The number of nitrogens with zero attached hydrogens (tertiary/aromatic N) is 3. The van der Waals surface area contributed by atoms with Crippen LogP contribution in [0.15, 0.2) is 53.3 Å². The average molecular weight is 350 g/mol. The number of fused-ring (bicyclic) bond motifs is 1. The Morgan fingerprint density at radius 3 is 2.58 bits per heavy atom. The van der Waals surface area contributed by atoms with Gasteiger partial charge in [0.15, 0.2) is 0 Å². The maximum absolute atomic E-state index is 12.3. The van der Waals surface area contributed by atoms with Crippen LogP contribution in [0.4, 0.5) is 5.69 Å². The third-order valence-electron chi connectivity index (χ3n) is 4.26. The molecule has 1 aromatic heterocycles. The fourth-order valence-electron chi connectivity index (χ4n) is 2.73. The molecule has 1 amide bonds. The van der Waals surface area contributed by atoms with Crippen molar-refractivity contribution in [2.45, 2.75) is 39.2 Å². The number of hydrogen-bond donors (Lipinski definition) is 1. The molecule has 0 saturated heterocycles. The lowest BCUT2D eigenvalue weighted by molar-refractivity contribution is -0.116. The second kappa shape index (κ2) is 7.91. The van der Waals surface area contributed by atoms with E-state index in [0.717, 1.165) is 5.69 Å². The molecule has 0 aliphatic carbocycles. The minimum absolute atomic E-state index is 0.0795. The summed E-state index contributed by atoms with van der Waals surface area (Å²) >= 11 is 0. The smallest absolute Gasteiger partial charge is 0.277 e. The number of aryl methyl sites for hydroxylation is 1. The van der Waals surface area contributed by atoms with Gasteiger partial charge in [0, 0.05) is 18.7 Å². The standard InChI is InChI=1S/C20H22N4O2/c1-14(2)15-9-11-16(12-10-15)21-19(25)8-5-13-24-20(26)17-6-3-4-7-18(17)22-23-24/h3-4,6-7,9-12,14H,5,8,13H2,1-2H3,(H,21,25). The molecular formula is C20H22N4O2. The lowest BCUT2D eigenvalue weighted by Gasteiger charge is -2.09. The molecule has 0 bridgehead atoms. The molecule has 0 atom stereocenters. The van der Waals surface area contributed by atoms with Crippen LogP contribution in [-0.4, -0.2) is 20.9 Å². The van der Waals surface area contributed by atoms with Gasteiger partial charge in [0.1, 0.15) is 5.52 Å². The molecule has 0 spiro atoms. The van der Waals surface area contributed by atoms with Crippen molar-refractivity contribution in [3.05, 3.63) is 64.4 Å². The molecule has 0 radical (unpaired) electrons. The maximum Gasteiger partial charge on any atom is 0.277 e. The molecule has 0 saturated carbocycles. The highest BCUT2D eigenvalue weighted by Gasteiger charge is 2.07. The fraction of sp³-hybridized carbons (Fsp3) is 0.300. The molecule has 26 heavy (non-hydrogen) atoms. The fourth-order valence-corrected chi connectivity index (χ4v) is 2.73. The minimum Gasteiger partial charge on any atom is -0.326 e. The van der Waals surface area contributed by atoms with Gasteiger partial charge in [-0.15, -0.1) is 5.10 Å². The highest BCUT2D eigenvalue weighted by atomic mass is 16.1. The molecule has 3 aromatic rings. The molecule has 6 heteroatoms. The van der Waals surface area contributed by atoms with E-state index in [1.54, 1.807) is 18.2 Å². The van der Waals surface area contributed by atoms with Gasteiger partial charge in [0.25, 0.3) is 5.56 Å². The first-order chi connectivity index (χ1) is 12.5. The van der Waals surface area contributed by atoms with Crippen molar-refractivity contribution in [2.75, 3.05) is 5.32 Å². The minimum atomic E-state index is -0.180. The predicted molar refractivity (Wildman–Crippen MR) is 102 cm³/mol. The van der Waals surface area contributed by atoms with Gasteiger partial charge in [0.05, 0.1) is 5.39 Å². The molecule has 0 aliphatic heterocycles. The summed E-state index contributed by atoms with van der Waals surface area (Å²) in [7, 11) is 0. The third kappa shape index (κ3) is 4.14. The van der Waals surface area contributed by atoms with E-state index in [0.29, 0.717) is 36.2 Å². The van der Waals surface area contributed by atoms with Crippen LogP contribution in [0.3, 0.4) is 0 Å². The van der Waals surface area contributed by atoms with Crippen molar-refractivity contribution < 1.29 is 4.79 Å². The topological polar surface area (TPSA) is 76.9 Å². The van der Waals surface area contributed by atoms with Gasteiger partial charge in [-0.05, 0) is 42.2 Å². The zero-order chi connectivity index (χ0) is 18.5. The zero-order valence-electron chi connectivity index (χ0n) is 15.0. The lowest BCUT2D eigenvalue weighted by atomic mass is 10.0. The van der Waals surface area contributed by atoms with Gasteiger partial charge in [0.2, 0.25) is 5.91 Å². The van der Waals surface area contributed by atoms with Gasteiger partial charge in [-0.1, -0.05) is 43.3 Å². The van der Waals surface area contributed by atoms with Crippen molar-refractivity contribution in [1.82, 2.24) is 15.0 Å². The van der Waals surface area contributed by atoms with E-state index in [1.807, 2.05) is 30.3 Å². The molecule has 3 rings (SSSR count). The molecule has 1 heterocycles. The van der Waals surface area contributed by atoms with Gasteiger partial charge < -0.3 is 5.32 Å². The monoisotopic (exact) mass is 350 g/mol. The average Bonchev–Trinajstić information content (AvgIpc) is 2.64. The summed E-state index contributed by atoms with van der Waals surface area (Å²) in [5, 5.41) is 11.4. The second-order valence-corrected chi connectivity index (χ2v) is 6.56. The summed E-state index contributed by atoms with van der Waals surface area (Å²) in [6.07, 6.45) is 0.829. The Kier molecular flexibility index (Phi) is 5.41. The molecule has 6 nitrogen and oxygen atoms in total. The van der Waals surface area contributed by atoms with Crippen LogP contribution in [0.5, 0.6) is 0 Å². The van der Waals surface area contributed by atoms with Crippen molar-refractivity contribution >= 4 is 22.5 Å². The lowest BCUT2D eigenvalue weighted by Crippen LogP contribution is -2.25. The summed E-state index contributed by atoms with van der Waals surface area (Å²) < 4.78 is 1.31. The summed E-state index contributed by atoms with van der Waals surface area (Å²) in [4.78, 5) is 24.4. The molecule has 0 unspecified atom stereocenters. The third-order valence-corrected chi connectivity index (χ3v) is 4.26. The van der Waals surface area contributed by atoms with Crippen molar-refractivity contribution in [3.8, 4) is 0 Å². The van der Waals surface area contributed by atoms with Gasteiger partial charge in [-0.25, -0.2) is 4.68 Å². The van der Waals surface area contributed by atoms with Gasteiger partial charge >= 0.3 is 0 Å². The summed E-state index contributed by atoms with van der Waals surface area (Å²) in [5.74, 6) is 0.380. The Morgan fingerprint density at radius 2 is 1.85 bits per heavy atom. The van der Waals surface area contributed by atoms with Crippen molar-refractivity contribution in [1.29, 1.82) is 0 Å². The molecule has 0 aliphatic rings. The summed E-state index contributed by atoms with van der Waals surface area (Å²) in [5.41, 5.74) is 2.41. The number of amides is 1. The first kappa shape index (κ1) is 17.8. The normalized spacial score (nSPS) is 11.0. The van der Waals surface area contributed by atoms with Crippen LogP contribution in [0.1, 0.15) is 38.2 Å². The quantitative estimate of drug-likeness (QED) is 0.740. The largest absolute Gasteiger partial charge is 0.326 e. The number of nitrogens with one attached hydrogen (secondary N) is 1. The van der Waals surface area contributed by atoms with E-state index >= 15 is 0 Å². The van der Waals surface area contributed by atoms with Crippen LogP contribution < -0.4 is 10.9 Å². The molecule has 1 N–H and O–H groups in total. The first-order valence-corrected chi connectivity index (χ1v) is 8.77. The number of anilines is 1. The van der Waals surface area contributed by atoms with E-state index in [4.69, 9.17) is 0 Å². The van der Waals surface area contributed by atoms with Crippen LogP contribution in [0.2, 0.25) is 0 Å². The predicted octanol–water partition coefficient (Wildman–Crippen LogP) is 3.33. The SMILES string of the molecule is CC(C)c1ccc(NC(=O)CCCn2nnc3ccccc3c2=O)cc1. The first-order valence-electron chi connectivity index (χ1n) is 8.77. The van der Waals surface area contributed by atoms with Gasteiger partial charge in [-0.2, -0.15) is 0 Å². The van der Waals surface area contributed by atoms with E-state index in [2.05, 4.69) is 29.5 Å². The summed E-state index contributed by atoms with van der Waals surface area (Å²) in [6, 6.07) is 15.0. The van der Waals surface area contributed by atoms with Crippen molar-refractivity contribution in [2.24, 2.45) is 0 Å². The van der Waals surface area contributed by atoms with E-state index in [1.165, 1.54) is 10.2 Å². The van der Waals surface area contributed by atoms with Crippen LogP contribution in [-0.2, 0) is 11.3 Å². The highest BCUT2D eigenvalue weighted by molar-refractivity contribution is 5.90. The summed E-state index contributed by atoms with van der Waals surface area (Å²) in [6.45, 7) is 4.62. The van der Waals surface area contributed by atoms with E-state index in [-0.39, 0.29) is 11.5 Å². The van der Waals surface area contributed by atoms with Crippen molar-refractivity contribution in [3.63, 3.8) is 0 Å². The Hall–Kier alpha value is -3.02. The maximum atomic E-state index is 12.3. The Balaban J connectivity index is 1.55. The number of carbonyl (C=O) groups is 1.